The molecule has 3 aliphatic heterocycles. The van der Waals surface area contributed by atoms with Crippen molar-refractivity contribution in [2.45, 2.75) is 19.3 Å². The third-order valence-corrected chi connectivity index (χ3v) is 7.41. The summed E-state index contributed by atoms with van der Waals surface area (Å²) in [6.07, 6.45) is 2.37. The van der Waals surface area contributed by atoms with E-state index in [2.05, 4.69) is 14.7 Å². The molecule has 3 aliphatic rings. The Morgan fingerprint density at radius 2 is 0.812 bits per heavy atom. The molecule has 0 atom stereocenters. The van der Waals surface area contributed by atoms with Gasteiger partial charge in [0.2, 0.25) is 0 Å². The van der Waals surface area contributed by atoms with Gasteiger partial charge >= 0.3 is 7.82 Å². The van der Waals surface area contributed by atoms with Gasteiger partial charge in [-0.05, 0) is 19.3 Å². The quantitative estimate of drug-likeness (QED) is 0.253. The molecule has 0 aliphatic carbocycles. The Kier molecular flexibility index (Phi) is 13.0. The van der Waals surface area contributed by atoms with Gasteiger partial charge in [0.25, 0.3) is 0 Å². The Morgan fingerprint density at radius 3 is 1.09 bits per heavy atom. The lowest BCUT2D eigenvalue weighted by atomic mass is 10.3. The molecule has 11 heteroatoms. The van der Waals surface area contributed by atoms with E-state index >= 15 is 0 Å². The Morgan fingerprint density at radius 1 is 0.531 bits per heavy atom. The van der Waals surface area contributed by atoms with Gasteiger partial charge in [-0.2, -0.15) is 0 Å². The van der Waals surface area contributed by atoms with E-state index in [4.69, 9.17) is 27.8 Å². The summed E-state index contributed by atoms with van der Waals surface area (Å²) in [4.78, 5) is 7.01. The summed E-state index contributed by atoms with van der Waals surface area (Å²) >= 11 is 0. The monoisotopic (exact) mass is 479 g/mol. The Hall–Kier alpha value is -0.130. The zero-order chi connectivity index (χ0) is 22.3. The van der Waals surface area contributed by atoms with Crippen LogP contribution in [0, 0.1) is 0 Å². The average molecular weight is 480 g/mol. The fourth-order valence-electron chi connectivity index (χ4n) is 3.98. The zero-order valence-electron chi connectivity index (χ0n) is 19.5. The number of nitrogens with zero attached hydrogens (tertiary/aromatic N) is 3. The van der Waals surface area contributed by atoms with Gasteiger partial charge in [0.1, 0.15) is 0 Å². The maximum absolute atomic E-state index is 13.2. The number of hydrogen-bond acceptors (Lipinski definition) is 10. The van der Waals surface area contributed by atoms with Crippen LogP contribution in [0.5, 0.6) is 0 Å². The smallest absolute Gasteiger partial charge is 0.379 e. The molecule has 10 nitrogen and oxygen atoms in total. The second-order valence-electron chi connectivity index (χ2n) is 8.37. The number of hydrogen-bond donors (Lipinski definition) is 0. The van der Waals surface area contributed by atoms with Gasteiger partial charge < -0.3 is 14.2 Å². The second-order valence-corrected chi connectivity index (χ2v) is 10.0. The molecule has 0 aromatic carbocycles. The zero-order valence-corrected chi connectivity index (χ0v) is 20.4. The third kappa shape index (κ3) is 10.9. The predicted octanol–water partition coefficient (Wildman–Crippen LogP) is 1.31. The number of phosphoric acid groups is 1. The summed E-state index contributed by atoms with van der Waals surface area (Å²) in [6.45, 7) is 14.1. The maximum Gasteiger partial charge on any atom is 0.474 e. The van der Waals surface area contributed by atoms with Crippen molar-refractivity contribution in [1.82, 2.24) is 14.7 Å². The molecule has 0 unspecified atom stereocenters. The molecule has 0 saturated carbocycles. The van der Waals surface area contributed by atoms with Gasteiger partial charge in [-0.15, -0.1) is 0 Å². The van der Waals surface area contributed by atoms with Gasteiger partial charge in [-0.25, -0.2) is 4.57 Å². The molecule has 0 N–H and O–H groups in total. The lowest BCUT2D eigenvalue weighted by molar-refractivity contribution is 0.0299. The van der Waals surface area contributed by atoms with E-state index in [1.165, 1.54) is 0 Å². The molecule has 3 saturated heterocycles. The first-order valence-electron chi connectivity index (χ1n) is 12.2. The van der Waals surface area contributed by atoms with Crippen LogP contribution >= 0.6 is 7.82 Å². The van der Waals surface area contributed by atoms with Crippen molar-refractivity contribution in [2.24, 2.45) is 0 Å². The van der Waals surface area contributed by atoms with Crippen LogP contribution in [0.15, 0.2) is 0 Å². The predicted molar refractivity (Wildman–Crippen MR) is 121 cm³/mol. The highest BCUT2D eigenvalue weighted by atomic mass is 31.2. The van der Waals surface area contributed by atoms with Crippen LogP contribution in [0.4, 0.5) is 0 Å². The number of rotatable bonds is 15. The van der Waals surface area contributed by atoms with E-state index in [9.17, 15) is 4.57 Å². The van der Waals surface area contributed by atoms with Crippen LogP contribution in [0.25, 0.3) is 0 Å². The summed E-state index contributed by atoms with van der Waals surface area (Å²) in [6, 6.07) is 0. The highest BCUT2D eigenvalue weighted by Gasteiger charge is 2.27. The van der Waals surface area contributed by atoms with E-state index in [0.29, 0.717) is 19.8 Å². The van der Waals surface area contributed by atoms with Gasteiger partial charge in [0.05, 0.1) is 59.5 Å². The molecule has 3 rings (SSSR count). The fraction of sp³-hybridized carbons (Fsp3) is 1.00. The number of ether oxygens (including phenoxy) is 3. The van der Waals surface area contributed by atoms with Crippen molar-refractivity contribution in [3.05, 3.63) is 0 Å². The summed E-state index contributed by atoms with van der Waals surface area (Å²) < 4.78 is 46.4. The standard InChI is InChI=1S/C21H42N3O7P/c25-32(29-13-1-4-22-7-16-26-17-8-22,30-14-2-5-23-9-18-27-19-10-23)31-15-3-6-24-11-20-28-21-12-24/h1-21H2. The van der Waals surface area contributed by atoms with Crippen LogP contribution in [0.1, 0.15) is 19.3 Å². The highest BCUT2D eigenvalue weighted by molar-refractivity contribution is 7.48. The molecule has 0 aromatic heterocycles. The van der Waals surface area contributed by atoms with E-state index in [0.717, 1.165) is 118 Å². The van der Waals surface area contributed by atoms with Gasteiger partial charge in [0.15, 0.2) is 0 Å². The topological polar surface area (TPSA) is 82.2 Å². The van der Waals surface area contributed by atoms with Crippen molar-refractivity contribution in [3.8, 4) is 0 Å². The van der Waals surface area contributed by atoms with Crippen molar-refractivity contribution >= 4 is 7.82 Å². The molecule has 0 spiro atoms. The molecular formula is C21H42N3O7P. The summed E-state index contributed by atoms with van der Waals surface area (Å²) in [5.74, 6) is 0. The van der Waals surface area contributed by atoms with E-state index in [1.807, 2.05) is 0 Å². The molecule has 0 aromatic rings. The first-order valence-corrected chi connectivity index (χ1v) is 13.6. The Labute approximate surface area is 193 Å². The number of phosphoric ester groups is 1. The van der Waals surface area contributed by atoms with Gasteiger partial charge in [0, 0.05) is 58.9 Å². The molecule has 0 bridgehead atoms. The van der Waals surface area contributed by atoms with Gasteiger partial charge in [-0.3, -0.25) is 28.3 Å². The van der Waals surface area contributed by atoms with Crippen LogP contribution in [-0.2, 0) is 32.3 Å². The minimum absolute atomic E-state index is 0.363. The largest absolute Gasteiger partial charge is 0.474 e. The van der Waals surface area contributed by atoms with Gasteiger partial charge in [-0.1, -0.05) is 0 Å². The highest BCUT2D eigenvalue weighted by Crippen LogP contribution is 2.49. The van der Waals surface area contributed by atoms with Crippen molar-refractivity contribution in [1.29, 1.82) is 0 Å². The van der Waals surface area contributed by atoms with Crippen LogP contribution in [0.2, 0.25) is 0 Å². The minimum atomic E-state index is -3.56. The molecule has 3 heterocycles. The van der Waals surface area contributed by atoms with E-state index < -0.39 is 7.82 Å². The normalized spacial score (nSPS) is 22.4. The first-order chi connectivity index (χ1) is 15.7. The summed E-state index contributed by atoms with van der Waals surface area (Å²) in [7, 11) is -3.56. The van der Waals surface area contributed by atoms with Crippen molar-refractivity contribution < 1.29 is 32.3 Å². The molecule has 3 fully saturated rings. The van der Waals surface area contributed by atoms with Crippen molar-refractivity contribution in [3.63, 3.8) is 0 Å². The average Bonchev–Trinajstić information content (AvgIpc) is 2.85. The molecular weight excluding hydrogens is 437 g/mol. The lowest BCUT2D eigenvalue weighted by Crippen LogP contribution is -2.37. The Balaban J connectivity index is 1.34. The first kappa shape index (κ1) is 26.5. The SMILES string of the molecule is O=P(OCCCN1CCOCC1)(OCCCN1CCOCC1)OCCCN1CCOCC1. The molecule has 0 radical (unpaired) electrons. The van der Waals surface area contributed by atoms with Crippen LogP contribution in [0.3, 0.4) is 0 Å². The minimum Gasteiger partial charge on any atom is -0.379 e. The van der Waals surface area contributed by atoms with Crippen molar-refractivity contribution in [2.75, 3.05) is 118 Å². The van der Waals surface area contributed by atoms with E-state index in [-0.39, 0.29) is 0 Å². The third-order valence-electron chi connectivity index (χ3n) is 5.92. The Bertz CT molecular complexity index is 456. The fourth-order valence-corrected chi connectivity index (χ4v) is 5.26. The lowest BCUT2D eigenvalue weighted by Gasteiger charge is -2.27. The molecule has 188 valence electrons. The maximum atomic E-state index is 13.2. The molecule has 0 amide bonds. The summed E-state index contributed by atoms with van der Waals surface area (Å²) in [5.41, 5.74) is 0. The van der Waals surface area contributed by atoms with Crippen LogP contribution in [-0.4, -0.2) is 133 Å². The second kappa shape index (κ2) is 15.7. The van der Waals surface area contributed by atoms with Crippen LogP contribution < -0.4 is 0 Å². The summed E-state index contributed by atoms with van der Waals surface area (Å²) in [5, 5.41) is 0. The van der Waals surface area contributed by atoms with E-state index in [1.54, 1.807) is 0 Å². The number of morpholine rings is 3. The molecule has 32 heavy (non-hydrogen) atoms.